The van der Waals surface area contributed by atoms with E-state index in [-0.39, 0.29) is 37.9 Å². The number of anilines is 1. The Morgan fingerprint density at radius 1 is 1.08 bits per heavy atom. The van der Waals surface area contributed by atoms with E-state index in [2.05, 4.69) is 51.1 Å². The highest BCUT2D eigenvalue weighted by Gasteiger charge is 2.23. The van der Waals surface area contributed by atoms with E-state index in [0.29, 0.717) is 22.2 Å². The second-order valence-corrected chi connectivity index (χ2v) is 12.4. The van der Waals surface area contributed by atoms with Crippen molar-refractivity contribution in [2.45, 2.75) is 37.1 Å². The van der Waals surface area contributed by atoms with Gasteiger partial charge in [0.25, 0.3) is 15.9 Å². The van der Waals surface area contributed by atoms with Gasteiger partial charge in [-0.3, -0.25) is 10.1 Å². The van der Waals surface area contributed by atoms with Crippen molar-refractivity contribution in [3.63, 3.8) is 0 Å². The molecule has 0 aliphatic heterocycles. The molecule has 0 radical (unpaired) electrons. The predicted octanol–water partition coefficient (Wildman–Crippen LogP) is 4.92. The van der Waals surface area contributed by atoms with Gasteiger partial charge in [-0.1, -0.05) is 84.7 Å². The molecule has 0 fully saturated rings. The van der Waals surface area contributed by atoms with Gasteiger partial charge in [0.2, 0.25) is 21.2 Å². The maximum absolute atomic E-state index is 12.6. The van der Waals surface area contributed by atoms with E-state index in [1.54, 1.807) is 0 Å². The van der Waals surface area contributed by atoms with Gasteiger partial charge in [0.05, 0.1) is 17.1 Å². The van der Waals surface area contributed by atoms with Crippen molar-refractivity contribution in [2.24, 2.45) is 0 Å². The third-order valence-corrected chi connectivity index (χ3v) is 8.08. The molecular formula is C22H20Cl2N6O4S2. The van der Waals surface area contributed by atoms with Crippen molar-refractivity contribution < 1.29 is 17.7 Å². The SMILES string of the molecule is CC(C)(C)c1ccc(-c2noc(CNS(=O)(=O)c3nnc(NC(=O)c4ccc(Cl)cc4Cl)s3)n2)cc1. The molecule has 0 saturated carbocycles. The number of rotatable bonds is 7. The molecule has 188 valence electrons. The molecule has 2 aromatic carbocycles. The molecule has 10 nitrogen and oxygen atoms in total. The van der Waals surface area contributed by atoms with Crippen LogP contribution >= 0.6 is 34.5 Å². The summed E-state index contributed by atoms with van der Waals surface area (Å²) in [5, 5.41) is 14.2. The Morgan fingerprint density at radius 2 is 1.81 bits per heavy atom. The second-order valence-electron chi connectivity index (χ2n) is 8.62. The Morgan fingerprint density at radius 3 is 2.47 bits per heavy atom. The molecule has 2 N–H and O–H groups in total. The first-order valence-electron chi connectivity index (χ1n) is 10.5. The number of benzene rings is 2. The topological polar surface area (TPSA) is 140 Å². The van der Waals surface area contributed by atoms with Crippen LogP contribution in [-0.4, -0.2) is 34.7 Å². The van der Waals surface area contributed by atoms with Crippen molar-refractivity contribution in [1.82, 2.24) is 25.1 Å². The van der Waals surface area contributed by atoms with Crippen molar-refractivity contribution >= 4 is 55.6 Å². The average Bonchev–Trinajstić information content (AvgIpc) is 3.47. The quantitative estimate of drug-likeness (QED) is 0.300. The van der Waals surface area contributed by atoms with Crippen LogP contribution in [0.5, 0.6) is 0 Å². The van der Waals surface area contributed by atoms with Crippen molar-refractivity contribution in [1.29, 1.82) is 0 Å². The Labute approximate surface area is 221 Å². The zero-order valence-electron chi connectivity index (χ0n) is 19.2. The summed E-state index contributed by atoms with van der Waals surface area (Å²) in [6, 6.07) is 12.1. The van der Waals surface area contributed by atoms with E-state index < -0.39 is 15.9 Å². The first-order chi connectivity index (χ1) is 16.9. The van der Waals surface area contributed by atoms with E-state index in [4.69, 9.17) is 27.7 Å². The summed E-state index contributed by atoms with van der Waals surface area (Å²) in [6.07, 6.45) is 0. The van der Waals surface area contributed by atoms with Gasteiger partial charge in [-0.05, 0) is 29.2 Å². The van der Waals surface area contributed by atoms with Gasteiger partial charge in [-0.2, -0.15) is 9.71 Å². The first kappa shape index (κ1) is 26.2. The van der Waals surface area contributed by atoms with Crippen LogP contribution in [0, 0.1) is 0 Å². The van der Waals surface area contributed by atoms with Crippen LogP contribution in [0.1, 0.15) is 42.6 Å². The predicted molar refractivity (Wildman–Crippen MR) is 137 cm³/mol. The van der Waals surface area contributed by atoms with Gasteiger partial charge in [-0.15, -0.1) is 10.2 Å². The lowest BCUT2D eigenvalue weighted by Crippen LogP contribution is -2.23. The number of hydrogen-bond acceptors (Lipinski definition) is 9. The summed E-state index contributed by atoms with van der Waals surface area (Å²) in [5.74, 6) is -0.172. The number of carbonyl (C=O) groups excluding carboxylic acids is 1. The van der Waals surface area contributed by atoms with Crippen LogP contribution in [-0.2, 0) is 22.0 Å². The van der Waals surface area contributed by atoms with Gasteiger partial charge in [0.1, 0.15) is 0 Å². The van der Waals surface area contributed by atoms with Crippen LogP contribution in [0.2, 0.25) is 10.0 Å². The van der Waals surface area contributed by atoms with Gasteiger partial charge in [0, 0.05) is 10.6 Å². The number of halogens is 2. The summed E-state index contributed by atoms with van der Waals surface area (Å²) in [4.78, 5) is 16.7. The number of amides is 1. The molecule has 0 atom stereocenters. The molecule has 0 saturated heterocycles. The first-order valence-corrected chi connectivity index (χ1v) is 13.5. The zero-order chi connectivity index (χ0) is 26.1. The fraction of sp³-hybridized carbons (Fsp3) is 0.227. The van der Waals surface area contributed by atoms with Crippen LogP contribution in [0.25, 0.3) is 11.4 Å². The minimum atomic E-state index is -4.06. The minimum Gasteiger partial charge on any atom is -0.338 e. The lowest BCUT2D eigenvalue weighted by atomic mass is 9.87. The van der Waals surface area contributed by atoms with Crippen molar-refractivity contribution in [3.8, 4) is 11.4 Å². The summed E-state index contributed by atoms with van der Waals surface area (Å²) in [7, 11) is -4.06. The second kappa shape index (κ2) is 10.2. The number of sulfonamides is 1. The molecular weight excluding hydrogens is 547 g/mol. The van der Waals surface area contributed by atoms with Crippen LogP contribution in [0.3, 0.4) is 0 Å². The molecule has 0 aliphatic carbocycles. The number of nitrogens with zero attached hydrogens (tertiary/aromatic N) is 4. The lowest BCUT2D eigenvalue weighted by molar-refractivity contribution is 0.102. The molecule has 4 rings (SSSR count). The summed E-state index contributed by atoms with van der Waals surface area (Å²) in [5.41, 5.74) is 2.06. The monoisotopic (exact) mass is 566 g/mol. The van der Waals surface area contributed by atoms with E-state index in [9.17, 15) is 13.2 Å². The normalized spacial score (nSPS) is 12.0. The van der Waals surface area contributed by atoms with Gasteiger partial charge in [0.15, 0.2) is 0 Å². The fourth-order valence-corrected chi connectivity index (χ4v) is 5.39. The van der Waals surface area contributed by atoms with Gasteiger partial charge in [-0.25, -0.2) is 8.42 Å². The average molecular weight is 567 g/mol. The third kappa shape index (κ3) is 6.08. The highest BCUT2D eigenvalue weighted by Crippen LogP contribution is 2.26. The van der Waals surface area contributed by atoms with Crippen molar-refractivity contribution in [3.05, 3.63) is 69.5 Å². The lowest BCUT2D eigenvalue weighted by Gasteiger charge is -2.18. The highest BCUT2D eigenvalue weighted by atomic mass is 35.5. The molecule has 0 bridgehead atoms. The molecule has 36 heavy (non-hydrogen) atoms. The molecule has 1 amide bonds. The largest absolute Gasteiger partial charge is 0.338 e. The maximum Gasteiger partial charge on any atom is 0.270 e. The number of aromatic nitrogens is 4. The molecule has 0 aliphatic rings. The Hall–Kier alpha value is -2.90. The molecule has 0 spiro atoms. The van der Waals surface area contributed by atoms with Crippen LogP contribution in [0.15, 0.2) is 51.3 Å². The zero-order valence-corrected chi connectivity index (χ0v) is 22.4. The molecule has 4 aromatic rings. The molecule has 2 heterocycles. The summed E-state index contributed by atoms with van der Waals surface area (Å²) in [6.45, 7) is 6.09. The van der Waals surface area contributed by atoms with Crippen LogP contribution in [0.4, 0.5) is 5.13 Å². The van der Waals surface area contributed by atoms with Crippen LogP contribution < -0.4 is 10.0 Å². The number of carbonyl (C=O) groups is 1. The summed E-state index contributed by atoms with van der Waals surface area (Å²) >= 11 is 12.5. The van der Waals surface area contributed by atoms with Gasteiger partial charge >= 0.3 is 0 Å². The highest BCUT2D eigenvalue weighted by molar-refractivity contribution is 7.91. The smallest absolute Gasteiger partial charge is 0.270 e. The van der Waals surface area contributed by atoms with E-state index in [0.717, 1.165) is 11.1 Å². The minimum absolute atomic E-state index is 0.00940. The Bertz CT molecular complexity index is 1510. The maximum atomic E-state index is 12.6. The number of nitrogens with one attached hydrogen (secondary N) is 2. The number of hydrogen-bond donors (Lipinski definition) is 2. The molecule has 2 aromatic heterocycles. The fourth-order valence-electron chi connectivity index (χ4n) is 2.99. The van der Waals surface area contributed by atoms with Gasteiger partial charge < -0.3 is 4.52 Å². The Balaban J connectivity index is 1.39. The third-order valence-electron chi connectivity index (χ3n) is 4.92. The van der Waals surface area contributed by atoms with E-state index >= 15 is 0 Å². The van der Waals surface area contributed by atoms with Crippen molar-refractivity contribution in [2.75, 3.05) is 5.32 Å². The standard InChI is InChI=1S/C22H20Cl2N6O4S2/c1-22(2,3)13-6-4-12(5-7-13)18-26-17(34-30-18)11-25-36(32,33)21-29-28-20(35-21)27-19(31)15-9-8-14(23)10-16(15)24/h4-10,25H,11H2,1-3H3,(H,27,28,31). The van der Waals surface area contributed by atoms with E-state index in [1.807, 2.05) is 24.3 Å². The molecule has 0 unspecified atom stereocenters. The summed E-state index contributed by atoms with van der Waals surface area (Å²) < 4.78 is 32.4. The van der Waals surface area contributed by atoms with E-state index in [1.165, 1.54) is 18.2 Å². The molecule has 14 heteroatoms. The Kier molecular flexibility index (Phi) is 7.43.